The topological polar surface area (TPSA) is 43.2 Å². The van der Waals surface area contributed by atoms with Crippen molar-refractivity contribution in [3.05, 3.63) is 0 Å². The minimum atomic E-state index is -0.309. The van der Waals surface area contributed by atoms with Crippen molar-refractivity contribution in [2.75, 3.05) is 13.7 Å². The van der Waals surface area contributed by atoms with Gasteiger partial charge in [-0.2, -0.15) is 0 Å². The van der Waals surface area contributed by atoms with Crippen LogP contribution >= 0.6 is 0 Å². The van der Waals surface area contributed by atoms with Crippen LogP contribution in [0.5, 0.6) is 0 Å². The van der Waals surface area contributed by atoms with Crippen molar-refractivity contribution in [2.24, 2.45) is 15.7 Å². The summed E-state index contributed by atoms with van der Waals surface area (Å²) in [6, 6.07) is 0. The number of oxime groups is 2. The molecule has 0 aromatic rings. The van der Waals surface area contributed by atoms with E-state index in [-0.39, 0.29) is 5.41 Å². The Labute approximate surface area is 91.3 Å². The van der Waals surface area contributed by atoms with Gasteiger partial charge in [0.1, 0.15) is 25.1 Å². The fourth-order valence-corrected chi connectivity index (χ4v) is 0.601. The van der Waals surface area contributed by atoms with Gasteiger partial charge in [0.05, 0.1) is 5.41 Å². The molecule has 0 saturated heterocycles. The summed E-state index contributed by atoms with van der Waals surface area (Å²) in [6.07, 6.45) is 5.31. The summed E-state index contributed by atoms with van der Waals surface area (Å²) in [6.45, 7) is 7.78. The van der Waals surface area contributed by atoms with Gasteiger partial charge in [0, 0.05) is 0 Å². The average Bonchev–Trinajstić information content (AvgIpc) is 2.18. The molecule has 0 fully saturated rings. The second-order valence-electron chi connectivity index (χ2n) is 3.84. The molecular weight excluding hydrogens is 192 g/mol. The molecule has 0 bridgehead atoms. The van der Waals surface area contributed by atoms with Crippen LogP contribution < -0.4 is 0 Å². The van der Waals surface area contributed by atoms with Gasteiger partial charge < -0.3 is 9.68 Å². The molecule has 0 saturated carbocycles. The molecule has 4 heteroatoms. The summed E-state index contributed by atoms with van der Waals surface area (Å²) in [4.78, 5) is 9.74. The third-order valence-electron chi connectivity index (χ3n) is 1.77. The lowest BCUT2D eigenvalue weighted by molar-refractivity contribution is 0.0945. The largest absolute Gasteiger partial charge is 0.399 e. The molecule has 0 aromatic heterocycles. The van der Waals surface area contributed by atoms with Gasteiger partial charge >= 0.3 is 0 Å². The van der Waals surface area contributed by atoms with E-state index in [0.717, 1.165) is 0 Å². The van der Waals surface area contributed by atoms with Crippen LogP contribution in [-0.4, -0.2) is 25.1 Å². The van der Waals surface area contributed by atoms with E-state index in [1.54, 1.807) is 13.8 Å². The monoisotopic (exact) mass is 210 g/mol. The third kappa shape index (κ3) is 5.74. The molecule has 0 N–H and O–H groups in total. The third-order valence-corrected chi connectivity index (χ3v) is 1.77. The molecule has 0 spiro atoms. The standard InChI is InChI=1S/C11H18N2O2/c1-7-11(4,5)8-15-13-10(3)9(2)12-14-6/h1H,8H2,2-6H3/b12-9-,13-10-. The average molecular weight is 210 g/mol. The Morgan fingerprint density at radius 3 is 2.27 bits per heavy atom. The van der Waals surface area contributed by atoms with Crippen molar-refractivity contribution in [1.82, 2.24) is 0 Å². The first-order valence-electron chi connectivity index (χ1n) is 4.65. The highest BCUT2D eigenvalue weighted by molar-refractivity contribution is 6.40. The van der Waals surface area contributed by atoms with Crippen molar-refractivity contribution in [3.8, 4) is 12.3 Å². The second-order valence-corrected chi connectivity index (χ2v) is 3.84. The zero-order chi connectivity index (χ0) is 11.9. The first-order chi connectivity index (χ1) is 6.93. The summed E-state index contributed by atoms with van der Waals surface area (Å²) in [5.41, 5.74) is 1.04. The van der Waals surface area contributed by atoms with E-state index in [4.69, 9.17) is 11.3 Å². The van der Waals surface area contributed by atoms with Crippen LogP contribution in [0.15, 0.2) is 10.3 Å². The molecule has 0 aliphatic rings. The van der Waals surface area contributed by atoms with Crippen LogP contribution in [0.1, 0.15) is 27.7 Å². The smallest absolute Gasteiger partial charge is 0.133 e. The van der Waals surface area contributed by atoms with Gasteiger partial charge in [-0.1, -0.05) is 16.2 Å². The van der Waals surface area contributed by atoms with E-state index < -0.39 is 0 Å². The summed E-state index contributed by atoms with van der Waals surface area (Å²) in [5.74, 6) is 2.62. The molecule has 84 valence electrons. The van der Waals surface area contributed by atoms with Gasteiger partial charge in [-0.3, -0.25) is 0 Å². The van der Waals surface area contributed by atoms with Gasteiger partial charge in [-0.25, -0.2) is 0 Å². The molecule has 0 radical (unpaired) electrons. The Kier molecular flexibility index (Phi) is 5.46. The van der Waals surface area contributed by atoms with Crippen molar-refractivity contribution in [2.45, 2.75) is 27.7 Å². The predicted molar refractivity (Wildman–Crippen MR) is 61.8 cm³/mol. The van der Waals surface area contributed by atoms with E-state index in [9.17, 15) is 0 Å². The summed E-state index contributed by atoms with van der Waals surface area (Å²) in [7, 11) is 1.49. The fraction of sp³-hybridized carbons (Fsp3) is 0.636. The molecule has 0 unspecified atom stereocenters. The normalized spacial score (nSPS) is 13.3. The van der Waals surface area contributed by atoms with Crippen molar-refractivity contribution in [3.63, 3.8) is 0 Å². The number of nitrogens with zero attached hydrogens (tertiary/aromatic N) is 2. The van der Waals surface area contributed by atoms with E-state index in [1.807, 2.05) is 13.8 Å². The molecular formula is C11H18N2O2. The van der Waals surface area contributed by atoms with Crippen LogP contribution in [-0.2, 0) is 9.68 Å². The zero-order valence-corrected chi connectivity index (χ0v) is 10.00. The lowest BCUT2D eigenvalue weighted by Crippen LogP contribution is -2.16. The molecule has 0 rings (SSSR count). The summed E-state index contributed by atoms with van der Waals surface area (Å²) in [5, 5.41) is 7.61. The maximum atomic E-state index is 5.31. The number of hydrogen-bond donors (Lipinski definition) is 0. The Balaban J connectivity index is 4.20. The quantitative estimate of drug-likeness (QED) is 0.396. The first-order valence-corrected chi connectivity index (χ1v) is 4.65. The lowest BCUT2D eigenvalue weighted by Gasteiger charge is -2.14. The molecule has 0 heterocycles. The molecule has 0 aliphatic heterocycles. The maximum absolute atomic E-state index is 5.31. The molecule has 0 atom stereocenters. The van der Waals surface area contributed by atoms with Gasteiger partial charge in [-0.05, 0) is 27.7 Å². The van der Waals surface area contributed by atoms with Crippen molar-refractivity contribution < 1.29 is 9.68 Å². The number of hydrogen-bond acceptors (Lipinski definition) is 4. The molecule has 0 aliphatic carbocycles. The molecule has 0 aromatic carbocycles. The van der Waals surface area contributed by atoms with Crippen molar-refractivity contribution in [1.29, 1.82) is 0 Å². The van der Waals surface area contributed by atoms with Crippen LogP contribution in [0.2, 0.25) is 0 Å². The van der Waals surface area contributed by atoms with Crippen LogP contribution in [0.3, 0.4) is 0 Å². The van der Waals surface area contributed by atoms with E-state index in [2.05, 4.69) is 21.1 Å². The SMILES string of the molecule is C#CC(C)(C)CO/N=C(C)\C(C)=N/OC. The highest BCUT2D eigenvalue weighted by atomic mass is 16.6. The predicted octanol–water partition coefficient (Wildman–Crippen LogP) is 2.06. The summed E-state index contributed by atoms with van der Waals surface area (Å²) >= 11 is 0. The van der Waals surface area contributed by atoms with Gasteiger partial charge in [0.25, 0.3) is 0 Å². The Morgan fingerprint density at radius 1 is 1.27 bits per heavy atom. The van der Waals surface area contributed by atoms with Gasteiger partial charge in [0.2, 0.25) is 0 Å². The highest BCUT2D eigenvalue weighted by Gasteiger charge is 2.14. The number of rotatable bonds is 5. The van der Waals surface area contributed by atoms with Crippen molar-refractivity contribution >= 4 is 11.4 Å². The van der Waals surface area contributed by atoms with Crippen LogP contribution in [0, 0.1) is 17.8 Å². The van der Waals surface area contributed by atoms with Crippen LogP contribution in [0.25, 0.3) is 0 Å². The minimum absolute atomic E-state index is 0.309. The lowest BCUT2D eigenvalue weighted by atomic mass is 9.97. The maximum Gasteiger partial charge on any atom is 0.133 e. The Morgan fingerprint density at radius 2 is 1.80 bits per heavy atom. The number of terminal acetylenes is 1. The Bertz CT molecular complexity index is 298. The minimum Gasteiger partial charge on any atom is -0.399 e. The fourth-order valence-electron chi connectivity index (χ4n) is 0.601. The van der Waals surface area contributed by atoms with E-state index in [1.165, 1.54) is 7.11 Å². The Hall–Kier alpha value is -1.50. The highest BCUT2D eigenvalue weighted by Crippen LogP contribution is 2.12. The van der Waals surface area contributed by atoms with Gasteiger partial charge in [-0.15, -0.1) is 6.42 Å². The van der Waals surface area contributed by atoms with Crippen LogP contribution in [0.4, 0.5) is 0 Å². The molecule has 15 heavy (non-hydrogen) atoms. The molecule has 4 nitrogen and oxygen atoms in total. The second kappa shape index (κ2) is 6.07. The van der Waals surface area contributed by atoms with E-state index >= 15 is 0 Å². The zero-order valence-electron chi connectivity index (χ0n) is 10.00. The van der Waals surface area contributed by atoms with E-state index in [0.29, 0.717) is 18.0 Å². The molecule has 0 amide bonds. The summed E-state index contributed by atoms with van der Waals surface area (Å²) < 4.78 is 0. The first kappa shape index (κ1) is 13.5. The van der Waals surface area contributed by atoms with Gasteiger partial charge in [0.15, 0.2) is 0 Å².